The summed E-state index contributed by atoms with van der Waals surface area (Å²) in [4.78, 5) is 10.1. The molecule has 8 heteroatoms. The van der Waals surface area contributed by atoms with Crippen LogP contribution >= 0.6 is 11.6 Å². The van der Waals surface area contributed by atoms with Crippen molar-refractivity contribution in [1.82, 2.24) is 4.31 Å². The summed E-state index contributed by atoms with van der Waals surface area (Å²) >= 11 is 5.74. The molecule has 0 aliphatic carbocycles. The van der Waals surface area contributed by atoms with Crippen LogP contribution < -0.4 is 0 Å². The van der Waals surface area contributed by atoms with E-state index in [4.69, 9.17) is 11.6 Å². The zero-order valence-corrected chi connectivity index (χ0v) is 13.5. The molecule has 1 aliphatic rings. The van der Waals surface area contributed by atoms with Crippen LogP contribution in [0.3, 0.4) is 0 Å². The van der Waals surface area contributed by atoms with Crippen molar-refractivity contribution < 1.29 is 13.3 Å². The molecule has 6 nitrogen and oxygen atoms in total. The van der Waals surface area contributed by atoms with Crippen molar-refractivity contribution in [3.05, 3.63) is 68.7 Å². The fourth-order valence-electron chi connectivity index (χ4n) is 2.62. The maximum absolute atomic E-state index is 12.7. The summed E-state index contributed by atoms with van der Waals surface area (Å²) in [5, 5.41) is 10.9. The molecule has 0 atom stereocenters. The van der Waals surface area contributed by atoms with Gasteiger partial charge in [0.2, 0.25) is 10.0 Å². The largest absolute Gasteiger partial charge is 0.289 e. The fourth-order valence-corrected chi connectivity index (χ4v) is 4.24. The molecule has 0 radical (unpaired) electrons. The van der Waals surface area contributed by atoms with Gasteiger partial charge >= 0.3 is 0 Å². The van der Waals surface area contributed by atoms with Gasteiger partial charge in [-0.25, -0.2) is 8.42 Å². The molecule has 0 saturated carbocycles. The molecule has 2 aromatic rings. The second-order valence-corrected chi connectivity index (χ2v) is 7.57. The summed E-state index contributed by atoms with van der Waals surface area (Å²) in [6.45, 7) is 0.602. The summed E-state index contributed by atoms with van der Waals surface area (Å²) in [6.07, 6.45) is 0.616. The van der Waals surface area contributed by atoms with Gasteiger partial charge in [-0.3, -0.25) is 10.1 Å². The molecule has 120 valence electrons. The highest BCUT2D eigenvalue weighted by atomic mass is 35.5. The van der Waals surface area contributed by atoms with Crippen LogP contribution in [-0.2, 0) is 23.0 Å². The minimum atomic E-state index is -3.81. The maximum atomic E-state index is 12.7. The number of benzene rings is 2. The van der Waals surface area contributed by atoms with Crippen LogP contribution in [0.5, 0.6) is 0 Å². The first kappa shape index (κ1) is 15.9. The lowest BCUT2D eigenvalue weighted by Gasteiger charge is -2.28. The van der Waals surface area contributed by atoms with Crippen molar-refractivity contribution in [2.75, 3.05) is 6.54 Å². The van der Waals surface area contributed by atoms with Crippen LogP contribution in [0.15, 0.2) is 47.4 Å². The van der Waals surface area contributed by atoms with Gasteiger partial charge < -0.3 is 0 Å². The lowest BCUT2D eigenvalue weighted by atomic mass is 10.0. The van der Waals surface area contributed by atoms with Gasteiger partial charge in [-0.15, -0.1) is 0 Å². The average molecular weight is 353 g/mol. The predicted molar refractivity (Wildman–Crippen MR) is 85.8 cm³/mol. The fraction of sp³-hybridized carbons (Fsp3) is 0.200. The molecule has 0 spiro atoms. The van der Waals surface area contributed by atoms with E-state index in [9.17, 15) is 18.5 Å². The molecule has 0 amide bonds. The monoisotopic (exact) mass is 352 g/mol. The van der Waals surface area contributed by atoms with Crippen LogP contribution in [0.1, 0.15) is 11.1 Å². The van der Waals surface area contributed by atoms with Crippen molar-refractivity contribution in [3.8, 4) is 0 Å². The van der Waals surface area contributed by atoms with Gasteiger partial charge in [0.15, 0.2) is 0 Å². The molecule has 0 N–H and O–H groups in total. The molecule has 1 aliphatic heterocycles. The van der Waals surface area contributed by atoms with E-state index in [1.54, 1.807) is 0 Å². The number of nitrogens with zero attached hydrogens (tertiary/aromatic N) is 2. The molecule has 0 fully saturated rings. The van der Waals surface area contributed by atoms with Gasteiger partial charge in [0.1, 0.15) is 5.02 Å². The minimum absolute atomic E-state index is 0.0852. The Kier molecular flexibility index (Phi) is 4.09. The molecule has 1 heterocycles. The molecule has 0 bridgehead atoms. The van der Waals surface area contributed by atoms with E-state index in [1.807, 2.05) is 24.3 Å². The molecule has 3 rings (SSSR count). The quantitative estimate of drug-likeness (QED) is 0.628. The van der Waals surface area contributed by atoms with Gasteiger partial charge in [0.05, 0.1) is 9.82 Å². The molecule has 0 unspecified atom stereocenters. The van der Waals surface area contributed by atoms with Crippen LogP contribution in [0.4, 0.5) is 5.69 Å². The van der Waals surface area contributed by atoms with Crippen molar-refractivity contribution in [3.63, 3.8) is 0 Å². The van der Waals surface area contributed by atoms with Crippen molar-refractivity contribution in [1.29, 1.82) is 0 Å². The van der Waals surface area contributed by atoms with Crippen molar-refractivity contribution >= 4 is 27.3 Å². The number of nitro groups is 1. The molecular weight excluding hydrogens is 340 g/mol. The lowest BCUT2D eigenvalue weighted by molar-refractivity contribution is -0.384. The highest BCUT2D eigenvalue weighted by molar-refractivity contribution is 7.89. The Bertz CT molecular complexity index is 883. The number of hydrogen-bond acceptors (Lipinski definition) is 4. The van der Waals surface area contributed by atoms with Gasteiger partial charge in [-0.2, -0.15) is 4.31 Å². The van der Waals surface area contributed by atoms with Crippen LogP contribution in [-0.4, -0.2) is 24.2 Å². The molecule has 0 aromatic heterocycles. The number of fused-ring (bicyclic) bond motifs is 1. The minimum Gasteiger partial charge on any atom is -0.258 e. The third kappa shape index (κ3) is 2.95. The van der Waals surface area contributed by atoms with Crippen LogP contribution in [0, 0.1) is 10.1 Å². The number of hydrogen-bond donors (Lipinski definition) is 0. The summed E-state index contributed by atoms with van der Waals surface area (Å²) in [6, 6.07) is 11.2. The molecular formula is C15H13ClN2O4S. The number of halogens is 1. The lowest BCUT2D eigenvalue weighted by Crippen LogP contribution is -2.35. The number of nitro benzene ring substituents is 1. The first-order chi connectivity index (χ1) is 10.9. The molecule has 2 aromatic carbocycles. The van der Waals surface area contributed by atoms with Gasteiger partial charge in [-0.05, 0) is 29.7 Å². The Balaban J connectivity index is 1.97. The Morgan fingerprint density at radius 2 is 1.83 bits per heavy atom. The first-order valence-electron chi connectivity index (χ1n) is 6.90. The molecule has 23 heavy (non-hydrogen) atoms. The van der Waals surface area contributed by atoms with Crippen LogP contribution in [0.25, 0.3) is 0 Å². The van der Waals surface area contributed by atoms with E-state index in [2.05, 4.69) is 0 Å². The van der Waals surface area contributed by atoms with Crippen molar-refractivity contribution in [2.45, 2.75) is 17.9 Å². The van der Waals surface area contributed by atoms with E-state index < -0.39 is 20.6 Å². The average Bonchev–Trinajstić information content (AvgIpc) is 2.54. The second kappa shape index (κ2) is 5.92. The maximum Gasteiger partial charge on any atom is 0.289 e. The van der Waals surface area contributed by atoms with E-state index in [-0.39, 0.29) is 16.5 Å². The van der Waals surface area contributed by atoms with E-state index in [1.165, 1.54) is 16.4 Å². The highest BCUT2D eigenvalue weighted by Crippen LogP contribution is 2.30. The normalized spacial score (nSPS) is 15.2. The van der Waals surface area contributed by atoms with Gasteiger partial charge in [-0.1, -0.05) is 35.9 Å². The van der Waals surface area contributed by atoms with E-state index >= 15 is 0 Å². The number of rotatable bonds is 3. The predicted octanol–water partition coefficient (Wildman–Crippen LogP) is 3.00. The Morgan fingerprint density at radius 3 is 2.52 bits per heavy atom. The highest BCUT2D eigenvalue weighted by Gasteiger charge is 2.29. The molecule has 0 saturated heterocycles. The topological polar surface area (TPSA) is 80.5 Å². The second-order valence-electron chi connectivity index (χ2n) is 5.23. The van der Waals surface area contributed by atoms with E-state index in [0.717, 1.165) is 17.2 Å². The van der Waals surface area contributed by atoms with Gasteiger partial charge in [0, 0.05) is 19.2 Å². The van der Waals surface area contributed by atoms with Gasteiger partial charge in [0.25, 0.3) is 5.69 Å². The smallest absolute Gasteiger partial charge is 0.258 e. The summed E-state index contributed by atoms with van der Waals surface area (Å²) in [5.41, 5.74) is 1.66. The van der Waals surface area contributed by atoms with Crippen molar-refractivity contribution in [2.24, 2.45) is 0 Å². The van der Waals surface area contributed by atoms with E-state index in [0.29, 0.717) is 13.0 Å². The van der Waals surface area contributed by atoms with Crippen LogP contribution in [0.2, 0.25) is 5.02 Å². The summed E-state index contributed by atoms with van der Waals surface area (Å²) in [5.74, 6) is 0. The Morgan fingerprint density at radius 1 is 1.13 bits per heavy atom. The Labute approximate surface area is 138 Å². The third-order valence-electron chi connectivity index (χ3n) is 3.85. The number of sulfonamides is 1. The first-order valence-corrected chi connectivity index (χ1v) is 8.72. The zero-order chi connectivity index (χ0) is 16.6. The summed E-state index contributed by atoms with van der Waals surface area (Å²) < 4.78 is 26.8. The Hall–Kier alpha value is -1.96. The summed E-state index contributed by atoms with van der Waals surface area (Å²) in [7, 11) is -3.81. The standard InChI is InChI=1S/C15H13ClN2O4S/c16-14-6-5-13(9-15(14)18(19)20)23(21,22)17-8-7-11-3-1-2-4-12(11)10-17/h1-6,9H,7-8,10H2. The SMILES string of the molecule is O=[N+]([O-])c1cc(S(=O)(=O)N2CCc3ccccc3C2)ccc1Cl. The third-order valence-corrected chi connectivity index (χ3v) is 6.01. The zero-order valence-electron chi connectivity index (χ0n) is 12.0.